The molecule has 202 valence electrons. The summed E-state index contributed by atoms with van der Waals surface area (Å²) in [5.41, 5.74) is 2.62. The van der Waals surface area contributed by atoms with Crippen molar-refractivity contribution in [2.24, 2.45) is 5.92 Å². The van der Waals surface area contributed by atoms with Crippen LogP contribution in [-0.2, 0) is 32.4 Å². The van der Waals surface area contributed by atoms with Crippen LogP contribution in [0.25, 0.3) is 0 Å². The maximum Gasteiger partial charge on any atom is 0.390 e. The Balaban J connectivity index is 1.82. The third-order valence-electron chi connectivity index (χ3n) is 6.22. The van der Waals surface area contributed by atoms with Crippen LogP contribution in [0.2, 0.25) is 5.02 Å². The van der Waals surface area contributed by atoms with Gasteiger partial charge in [0.2, 0.25) is 0 Å². The fourth-order valence-corrected chi connectivity index (χ4v) is 5.88. The smallest absolute Gasteiger partial charge is 0.390 e. The fourth-order valence-electron chi connectivity index (χ4n) is 4.35. The number of benzene rings is 2. The second-order valence-electron chi connectivity index (χ2n) is 8.77. The molecule has 4 N–H and O–H groups in total. The van der Waals surface area contributed by atoms with Gasteiger partial charge in [-0.2, -0.15) is 13.2 Å². The summed E-state index contributed by atoms with van der Waals surface area (Å²) in [5, 5.41) is 25.6. The van der Waals surface area contributed by atoms with Crippen LogP contribution in [-0.4, -0.2) is 55.6 Å². The molecule has 0 aromatic heterocycles. The molecular weight excluding hydrogens is 537 g/mol. The SMILES string of the molecule is O=C(O)CC(C(=O)O)C1CNCCc2c1ccc(Cl)c2NCc1ccc(S(=O)(=O)CCC(F)(F)F)cc1. The van der Waals surface area contributed by atoms with Crippen molar-refractivity contribution in [1.82, 2.24) is 5.32 Å². The van der Waals surface area contributed by atoms with E-state index in [1.54, 1.807) is 12.1 Å². The summed E-state index contributed by atoms with van der Waals surface area (Å²) in [6.45, 7) is 1.000. The van der Waals surface area contributed by atoms with Gasteiger partial charge in [0.05, 0.1) is 40.1 Å². The molecule has 13 heteroatoms. The Morgan fingerprint density at radius 2 is 1.81 bits per heavy atom. The van der Waals surface area contributed by atoms with Crippen LogP contribution in [0.1, 0.15) is 35.4 Å². The zero-order valence-electron chi connectivity index (χ0n) is 19.5. The number of sulfone groups is 1. The molecular formula is C24H26ClF3N2O6S. The summed E-state index contributed by atoms with van der Waals surface area (Å²) < 4.78 is 61.7. The Morgan fingerprint density at radius 1 is 1.14 bits per heavy atom. The van der Waals surface area contributed by atoms with Crippen LogP contribution in [0.4, 0.5) is 18.9 Å². The molecule has 0 aliphatic carbocycles. The molecule has 2 unspecified atom stereocenters. The van der Waals surface area contributed by atoms with Gasteiger partial charge in [-0.15, -0.1) is 0 Å². The lowest BCUT2D eigenvalue weighted by Gasteiger charge is -2.25. The number of carbonyl (C=O) groups is 2. The van der Waals surface area contributed by atoms with Crippen LogP contribution in [0.15, 0.2) is 41.3 Å². The molecule has 2 atom stereocenters. The van der Waals surface area contributed by atoms with Crippen molar-refractivity contribution in [3.8, 4) is 0 Å². The van der Waals surface area contributed by atoms with Crippen LogP contribution >= 0.6 is 11.6 Å². The normalized spacial score (nSPS) is 16.9. The van der Waals surface area contributed by atoms with Crippen molar-refractivity contribution < 1.29 is 41.4 Å². The summed E-state index contributed by atoms with van der Waals surface area (Å²) in [6.07, 6.45) is -6.03. The molecule has 0 saturated heterocycles. The van der Waals surface area contributed by atoms with E-state index in [4.69, 9.17) is 11.6 Å². The molecule has 1 aliphatic heterocycles. The van der Waals surface area contributed by atoms with Gasteiger partial charge >= 0.3 is 18.1 Å². The van der Waals surface area contributed by atoms with Crippen molar-refractivity contribution >= 4 is 39.1 Å². The Morgan fingerprint density at radius 3 is 2.41 bits per heavy atom. The monoisotopic (exact) mass is 562 g/mol. The van der Waals surface area contributed by atoms with Crippen molar-refractivity contribution in [3.05, 3.63) is 58.1 Å². The largest absolute Gasteiger partial charge is 0.481 e. The number of nitrogens with one attached hydrogen (secondary N) is 2. The molecule has 0 fully saturated rings. The van der Waals surface area contributed by atoms with Crippen molar-refractivity contribution in [2.75, 3.05) is 24.2 Å². The predicted molar refractivity (Wildman–Crippen MR) is 131 cm³/mol. The van der Waals surface area contributed by atoms with Gasteiger partial charge in [0, 0.05) is 19.0 Å². The number of rotatable bonds is 10. The Kier molecular flexibility index (Phi) is 9.09. The highest BCUT2D eigenvalue weighted by Crippen LogP contribution is 2.38. The average Bonchev–Trinajstić information content (AvgIpc) is 3.03. The number of alkyl halides is 3. The van der Waals surface area contributed by atoms with Crippen molar-refractivity contribution in [1.29, 1.82) is 0 Å². The number of aliphatic carboxylic acids is 2. The summed E-state index contributed by atoms with van der Waals surface area (Å²) in [7, 11) is -4.09. The lowest BCUT2D eigenvalue weighted by Crippen LogP contribution is -2.31. The minimum atomic E-state index is -4.57. The average molecular weight is 563 g/mol. The number of halogens is 4. The summed E-state index contributed by atoms with van der Waals surface area (Å²) >= 11 is 6.45. The Hall–Kier alpha value is -2.83. The van der Waals surface area contributed by atoms with Gasteiger partial charge < -0.3 is 20.8 Å². The number of carboxylic acids is 2. The van der Waals surface area contributed by atoms with Gasteiger partial charge in [-0.05, 0) is 47.9 Å². The third kappa shape index (κ3) is 7.59. The molecule has 0 bridgehead atoms. The molecule has 8 nitrogen and oxygen atoms in total. The first-order valence-corrected chi connectivity index (χ1v) is 13.4. The standard InChI is InChI=1S/C24H26ClF3N2O6S/c25-20-6-5-16-17(7-9-29-13-19(16)18(23(33)34)11-21(31)32)22(20)30-12-14-1-3-15(4-2-14)37(35,36)10-8-24(26,27)28/h1-6,18-19,29-30H,7-13H2,(H,31,32)(H,33,34). The topological polar surface area (TPSA) is 133 Å². The molecule has 0 spiro atoms. The van der Waals surface area contributed by atoms with Gasteiger partial charge in [0.15, 0.2) is 9.84 Å². The molecule has 37 heavy (non-hydrogen) atoms. The fraction of sp³-hybridized carbons (Fsp3) is 0.417. The number of hydrogen-bond acceptors (Lipinski definition) is 6. The minimum absolute atomic E-state index is 0.203. The zero-order valence-corrected chi connectivity index (χ0v) is 21.1. The van der Waals surface area contributed by atoms with E-state index in [1.165, 1.54) is 24.3 Å². The number of carboxylic acid groups (broad SMARTS) is 2. The number of fused-ring (bicyclic) bond motifs is 1. The van der Waals surface area contributed by atoms with Gasteiger partial charge in [0.25, 0.3) is 0 Å². The van der Waals surface area contributed by atoms with E-state index in [0.717, 1.165) is 5.56 Å². The van der Waals surface area contributed by atoms with E-state index in [0.29, 0.717) is 34.8 Å². The lowest BCUT2D eigenvalue weighted by molar-refractivity contribution is -0.149. The van der Waals surface area contributed by atoms with Crippen molar-refractivity contribution in [2.45, 2.75) is 42.8 Å². The van der Waals surface area contributed by atoms with E-state index < -0.39 is 58.4 Å². The predicted octanol–water partition coefficient (Wildman–Crippen LogP) is 4.08. The van der Waals surface area contributed by atoms with Crippen LogP contribution in [0, 0.1) is 5.92 Å². The van der Waals surface area contributed by atoms with Gasteiger partial charge in [-0.1, -0.05) is 29.8 Å². The third-order valence-corrected chi connectivity index (χ3v) is 8.26. The summed E-state index contributed by atoms with van der Waals surface area (Å²) in [5.74, 6) is -5.21. The molecule has 0 amide bonds. The van der Waals surface area contributed by atoms with Gasteiger partial charge in [-0.25, -0.2) is 8.42 Å². The molecule has 2 aromatic rings. The molecule has 2 aromatic carbocycles. The first-order valence-electron chi connectivity index (χ1n) is 11.4. The zero-order chi connectivity index (χ0) is 27.4. The van der Waals surface area contributed by atoms with Gasteiger partial charge in [0.1, 0.15) is 0 Å². The molecule has 1 heterocycles. The van der Waals surface area contributed by atoms with E-state index in [1.807, 2.05) is 0 Å². The van der Waals surface area contributed by atoms with Crippen LogP contribution in [0.5, 0.6) is 0 Å². The minimum Gasteiger partial charge on any atom is -0.481 e. The Bertz CT molecular complexity index is 1250. The van der Waals surface area contributed by atoms with Crippen molar-refractivity contribution in [3.63, 3.8) is 0 Å². The van der Waals surface area contributed by atoms with Gasteiger partial charge in [-0.3, -0.25) is 9.59 Å². The van der Waals surface area contributed by atoms with E-state index >= 15 is 0 Å². The summed E-state index contributed by atoms with van der Waals surface area (Å²) in [6, 6.07) is 8.79. The molecule has 0 radical (unpaired) electrons. The highest BCUT2D eigenvalue weighted by Gasteiger charge is 2.35. The molecule has 0 saturated carbocycles. The van der Waals surface area contributed by atoms with E-state index in [9.17, 15) is 41.4 Å². The molecule has 3 rings (SSSR count). The molecule has 1 aliphatic rings. The highest BCUT2D eigenvalue weighted by molar-refractivity contribution is 7.91. The first-order chi connectivity index (χ1) is 17.3. The highest BCUT2D eigenvalue weighted by atomic mass is 35.5. The second-order valence-corrected chi connectivity index (χ2v) is 11.3. The van der Waals surface area contributed by atoms with E-state index in [2.05, 4.69) is 10.6 Å². The second kappa shape index (κ2) is 11.7. The van der Waals surface area contributed by atoms with E-state index in [-0.39, 0.29) is 18.0 Å². The lowest BCUT2D eigenvalue weighted by atomic mass is 9.81. The maximum absolute atomic E-state index is 12.4. The number of hydrogen-bond donors (Lipinski definition) is 4. The number of anilines is 1. The quantitative estimate of drug-likeness (QED) is 0.340. The first kappa shape index (κ1) is 28.7. The van der Waals surface area contributed by atoms with Crippen LogP contribution in [0.3, 0.4) is 0 Å². The Labute approximate surface area is 216 Å². The van der Waals surface area contributed by atoms with Crippen LogP contribution < -0.4 is 10.6 Å². The maximum atomic E-state index is 12.4. The summed E-state index contributed by atoms with van der Waals surface area (Å²) in [4.78, 5) is 23.0.